The number of carbonyl (C=O) groups is 1. The van der Waals surface area contributed by atoms with Crippen molar-refractivity contribution in [1.82, 2.24) is 9.97 Å². The lowest BCUT2D eigenvalue weighted by atomic mass is 9.74. The number of nitrogens with one attached hydrogen (secondary N) is 1. The van der Waals surface area contributed by atoms with E-state index in [4.69, 9.17) is 0 Å². The molecular formula is C13H21N3O2. The average molecular weight is 251 g/mol. The average Bonchev–Trinajstić information content (AvgIpc) is 2.28. The minimum absolute atomic E-state index is 0.627. The molecule has 0 bridgehead atoms. The van der Waals surface area contributed by atoms with Gasteiger partial charge in [0, 0.05) is 17.3 Å². The van der Waals surface area contributed by atoms with Crippen LogP contribution >= 0.6 is 0 Å². The Morgan fingerprint density at radius 3 is 2.44 bits per heavy atom. The van der Waals surface area contributed by atoms with Gasteiger partial charge in [-0.05, 0) is 34.1 Å². The molecule has 1 aromatic rings. The van der Waals surface area contributed by atoms with Crippen LogP contribution in [0.15, 0.2) is 12.4 Å². The van der Waals surface area contributed by atoms with Gasteiger partial charge in [0.05, 0.1) is 5.41 Å². The van der Waals surface area contributed by atoms with Gasteiger partial charge in [0.15, 0.2) is 0 Å². The van der Waals surface area contributed by atoms with Gasteiger partial charge >= 0.3 is 5.97 Å². The van der Waals surface area contributed by atoms with E-state index < -0.39 is 16.9 Å². The lowest BCUT2D eigenvalue weighted by Crippen LogP contribution is -2.50. The summed E-state index contributed by atoms with van der Waals surface area (Å²) in [5.74, 6) is -0.189. The summed E-state index contributed by atoms with van der Waals surface area (Å²) in [6.45, 7) is 9.12. The fourth-order valence-corrected chi connectivity index (χ4v) is 1.40. The van der Waals surface area contributed by atoms with Crippen LogP contribution in [0.5, 0.6) is 0 Å². The molecule has 0 amide bonds. The predicted molar refractivity (Wildman–Crippen MR) is 70.5 cm³/mol. The first-order chi connectivity index (χ1) is 8.20. The summed E-state index contributed by atoms with van der Waals surface area (Å²) in [6, 6.07) is 1.85. The summed E-state index contributed by atoms with van der Waals surface area (Å²) >= 11 is 0. The second-order valence-corrected chi connectivity index (χ2v) is 5.43. The Bertz CT molecular complexity index is 442. The molecule has 1 heterocycles. The van der Waals surface area contributed by atoms with Crippen LogP contribution in [0.4, 0.5) is 5.82 Å². The smallest absolute Gasteiger partial charge is 0.311 e. The Morgan fingerprint density at radius 1 is 1.33 bits per heavy atom. The highest BCUT2D eigenvalue weighted by atomic mass is 16.4. The van der Waals surface area contributed by atoms with Gasteiger partial charge in [-0.25, -0.2) is 9.97 Å². The molecule has 100 valence electrons. The van der Waals surface area contributed by atoms with Crippen molar-refractivity contribution in [2.75, 3.05) is 5.32 Å². The Balaban J connectivity index is 2.98. The van der Waals surface area contributed by atoms with Crippen molar-refractivity contribution in [3.05, 3.63) is 18.1 Å². The second-order valence-electron chi connectivity index (χ2n) is 5.43. The highest BCUT2D eigenvalue weighted by Crippen LogP contribution is 2.33. The lowest BCUT2D eigenvalue weighted by Gasteiger charge is -2.39. The van der Waals surface area contributed by atoms with Gasteiger partial charge in [-0.3, -0.25) is 4.79 Å². The van der Waals surface area contributed by atoms with Gasteiger partial charge in [-0.1, -0.05) is 6.92 Å². The van der Waals surface area contributed by atoms with Gasteiger partial charge in [0.1, 0.15) is 12.1 Å². The van der Waals surface area contributed by atoms with Crippen LogP contribution in [-0.2, 0) is 11.2 Å². The molecule has 0 unspecified atom stereocenters. The summed E-state index contributed by atoms with van der Waals surface area (Å²) in [5, 5.41) is 12.5. The molecule has 5 heteroatoms. The number of anilines is 1. The zero-order valence-corrected chi connectivity index (χ0v) is 11.6. The summed E-state index contributed by atoms with van der Waals surface area (Å²) in [4.78, 5) is 19.6. The van der Waals surface area contributed by atoms with E-state index in [1.54, 1.807) is 13.8 Å². The molecule has 0 aliphatic heterocycles. The van der Waals surface area contributed by atoms with Crippen molar-refractivity contribution in [1.29, 1.82) is 0 Å². The third-order valence-electron chi connectivity index (χ3n) is 3.62. The molecular weight excluding hydrogens is 230 g/mol. The SMILES string of the molecule is CCc1cc(NC(C)(C)C(C)(C)C(=O)O)ncn1. The number of aryl methyl sites for hydroxylation is 1. The maximum absolute atomic E-state index is 11.3. The van der Waals surface area contributed by atoms with Crippen molar-refractivity contribution >= 4 is 11.8 Å². The fourth-order valence-electron chi connectivity index (χ4n) is 1.40. The zero-order chi connectivity index (χ0) is 14.0. The third-order valence-corrected chi connectivity index (χ3v) is 3.62. The molecule has 2 N–H and O–H groups in total. The van der Waals surface area contributed by atoms with E-state index in [0.717, 1.165) is 12.1 Å². The minimum Gasteiger partial charge on any atom is -0.481 e. The van der Waals surface area contributed by atoms with Gasteiger partial charge < -0.3 is 10.4 Å². The molecule has 5 nitrogen and oxygen atoms in total. The normalized spacial score (nSPS) is 12.3. The van der Waals surface area contributed by atoms with E-state index in [1.807, 2.05) is 26.8 Å². The summed E-state index contributed by atoms with van der Waals surface area (Å²) < 4.78 is 0. The maximum Gasteiger partial charge on any atom is 0.311 e. The third kappa shape index (κ3) is 2.78. The molecule has 1 rings (SSSR count). The summed E-state index contributed by atoms with van der Waals surface area (Å²) in [7, 11) is 0. The molecule has 0 saturated carbocycles. The quantitative estimate of drug-likeness (QED) is 0.840. The van der Waals surface area contributed by atoms with E-state index in [1.165, 1.54) is 6.33 Å². The van der Waals surface area contributed by atoms with Crippen molar-refractivity contribution < 1.29 is 9.90 Å². The molecule has 0 aromatic carbocycles. The van der Waals surface area contributed by atoms with E-state index in [2.05, 4.69) is 15.3 Å². The van der Waals surface area contributed by atoms with Gasteiger partial charge in [0.25, 0.3) is 0 Å². The Morgan fingerprint density at radius 2 is 1.94 bits per heavy atom. The van der Waals surface area contributed by atoms with Crippen LogP contribution in [-0.4, -0.2) is 26.6 Å². The molecule has 0 radical (unpaired) electrons. The predicted octanol–water partition coefficient (Wildman–Crippen LogP) is 2.34. The maximum atomic E-state index is 11.3. The standard InChI is InChI=1S/C13H21N3O2/c1-6-9-7-10(15-8-14-9)16-13(4,5)12(2,3)11(17)18/h7-8H,6H2,1-5H3,(H,17,18)(H,14,15,16). The van der Waals surface area contributed by atoms with Crippen molar-refractivity contribution in [2.24, 2.45) is 5.41 Å². The Kier molecular flexibility index (Phi) is 3.94. The Hall–Kier alpha value is -1.65. The van der Waals surface area contributed by atoms with Crippen LogP contribution in [0.2, 0.25) is 0 Å². The van der Waals surface area contributed by atoms with Crippen molar-refractivity contribution in [3.8, 4) is 0 Å². The van der Waals surface area contributed by atoms with Crippen molar-refractivity contribution in [2.45, 2.75) is 46.6 Å². The second kappa shape index (κ2) is 4.92. The fraction of sp³-hybridized carbons (Fsp3) is 0.615. The number of carboxylic acid groups (broad SMARTS) is 1. The largest absolute Gasteiger partial charge is 0.481 e. The summed E-state index contributed by atoms with van der Waals surface area (Å²) in [6.07, 6.45) is 2.31. The molecule has 0 spiro atoms. The summed E-state index contributed by atoms with van der Waals surface area (Å²) in [5.41, 5.74) is -0.612. The number of hydrogen-bond acceptors (Lipinski definition) is 4. The molecule has 0 aliphatic carbocycles. The number of hydrogen-bond donors (Lipinski definition) is 2. The monoisotopic (exact) mass is 251 g/mol. The number of carboxylic acids is 1. The number of rotatable bonds is 5. The van der Waals surface area contributed by atoms with Crippen LogP contribution in [0.3, 0.4) is 0 Å². The van der Waals surface area contributed by atoms with Crippen molar-refractivity contribution in [3.63, 3.8) is 0 Å². The lowest BCUT2D eigenvalue weighted by molar-refractivity contribution is -0.149. The first-order valence-corrected chi connectivity index (χ1v) is 6.03. The zero-order valence-electron chi connectivity index (χ0n) is 11.6. The first-order valence-electron chi connectivity index (χ1n) is 6.03. The molecule has 0 aliphatic rings. The van der Waals surface area contributed by atoms with Crippen LogP contribution in [0.25, 0.3) is 0 Å². The van der Waals surface area contributed by atoms with E-state index >= 15 is 0 Å². The number of nitrogens with zero attached hydrogens (tertiary/aromatic N) is 2. The van der Waals surface area contributed by atoms with Crippen LogP contribution < -0.4 is 5.32 Å². The van der Waals surface area contributed by atoms with E-state index in [0.29, 0.717) is 5.82 Å². The first kappa shape index (κ1) is 14.4. The van der Waals surface area contributed by atoms with Crippen LogP contribution in [0, 0.1) is 5.41 Å². The highest BCUT2D eigenvalue weighted by molar-refractivity contribution is 5.76. The highest BCUT2D eigenvalue weighted by Gasteiger charge is 2.43. The minimum atomic E-state index is -0.912. The van der Waals surface area contributed by atoms with E-state index in [-0.39, 0.29) is 0 Å². The number of aromatic nitrogens is 2. The molecule has 0 fully saturated rings. The topological polar surface area (TPSA) is 75.1 Å². The molecule has 0 saturated heterocycles. The van der Waals surface area contributed by atoms with Gasteiger partial charge in [0.2, 0.25) is 0 Å². The van der Waals surface area contributed by atoms with E-state index in [9.17, 15) is 9.90 Å². The molecule has 1 aromatic heterocycles. The Labute approximate surface area is 108 Å². The van der Waals surface area contributed by atoms with Gasteiger partial charge in [-0.15, -0.1) is 0 Å². The van der Waals surface area contributed by atoms with Crippen LogP contribution in [0.1, 0.15) is 40.3 Å². The van der Waals surface area contributed by atoms with Gasteiger partial charge in [-0.2, -0.15) is 0 Å². The number of aliphatic carboxylic acids is 1. The molecule has 18 heavy (non-hydrogen) atoms. The molecule has 0 atom stereocenters.